The van der Waals surface area contributed by atoms with E-state index in [0.717, 1.165) is 99.9 Å². The third-order valence-corrected chi connectivity index (χ3v) is 14.1. The summed E-state index contributed by atoms with van der Waals surface area (Å²) < 4.78 is 12.8. The maximum Gasteiger partial charge on any atom is 0.143 e. The number of nitrogens with zero attached hydrogens (tertiary/aromatic N) is 1. The SMILES string of the molecule is c1ccc2c(-c3ccc(N(c4ccc(-c5ccc(-c6ccc7c(c6)oc6ccccc67)cc5)cc4)c4cc5ccccc5c5ccccc45)cc3)cc(-c3cccc4c3oc3ccccc34)cc2c1. The topological polar surface area (TPSA) is 29.5 Å². The van der Waals surface area contributed by atoms with Crippen molar-refractivity contribution >= 4 is 93.3 Å². The van der Waals surface area contributed by atoms with Gasteiger partial charge in [-0.05, 0) is 133 Å². The van der Waals surface area contributed by atoms with Crippen LogP contribution in [0.2, 0.25) is 0 Å². The fraction of sp³-hybridized carbons (Fsp3) is 0. The quantitative estimate of drug-likeness (QED) is 0.149. The van der Waals surface area contributed by atoms with Gasteiger partial charge >= 0.3 is 0 Å². The van der Waals surface area contributed by atoms with Gasteiger partial charge in [0.15, 0.2) is 0 Å². The van der Waals surface area contributed by atoms with E-state index in [0.29, 0.717) is 0 Å². The highest BCUT2D eigenvalue weighted by molar-refractivity contribution is 6.15. The second-order valence-corrected chi connectivity index (χ2v) is 18.0. The van der Waals surface area contributed by atoms with Crippen LogP contribution in [-0.4, -0.2) is 0 Å². The molecule has 3 heteroatoms. The Kier molecular flexibility index (Phi) is 8.90. The van der Waals surface area contributed by atoms with Gasteiger partial charge in [0, 0.05) is 43.9 Å². The van der Waals surface area contributed by atoms with Gasteiger partial charge in [-0.1, -0.05) is 182 Å². The summed E-state index contributed by atoms with van der Waals surface area (Å²) in [5.41, 5.74) is 16.0. The molecule has 2 heterocycles. The fourth-order valence-corrected chi connectivity index (χ4v) is 10.7. The molecule has 14 aromatic rings. The summed E-state index contributed by atoms with van der Waals surface area (Å²) in [4.78, 5) is 2.41. The van der Waals surface area contributed by atoms with E-state index < -0.39 is 0 Å². The van der Waals surface area contributed by atoms with Crippen molar-refractivity contribution in [1.82, 2.24) is 0 Å². The molecule has 3 nitrogen and oxygen atoms in total. The lowest BCUT2D eigenvalue weighted by Crippen LogP contribution is -2.10. The number of rotatable bonds is 7. The Morgan fingerprint density at radius 1 is 0.246 bits per heavy atom. The summed E-state index contributed by atoms with van der Waals surface area (Å²) in [6.45, 7) is 0. The summed E-state index contributed by atoms with van der Waals surface area (Å²) in [6, 6.07) is 89.6. The Balaban J connectivity index is 0.857. The number of hydrogen-bond donors (Lipinski definition) is 0. The van der Waals surface area contributed by atoms with E-state index in [2.05, 4.69) is 235 Å². The average molecular weight is 880 g/mol. The monoisotopic (exact) mass is 879 g/mol. The van der Waals surface area contributed by atoms with Gasteiger partial charge in [-0.15, -0.1) is 0 Å². The van der Waals surface area contributed by atoms with E-state index in [1.807, 2.05) is 18.2 Å². The Bertz CT molecular complexity index is 4290. The summed E-state index contributed by atoms with van der Waals surface area (Å²) >= 11 is 0. The minimum absolute atomic E-state index is 0.901. The molecule has 2 aromatic heterocycles. The molecule has 0 saturated carbocycles. The molecule has 69 heavy (non-hydrogen) atoms. The Morgan fingerprint density at radius 3 is 1.45 bits per heavy atom. The van der Waals surface area contributed by atoms with Crippen molar-refractivity contribution in [3.63, 3.8) is 0 Å². The van der Waals surface area contributed by atoms with Crippen molar-refractivity contribution in [1.29, 1.82) is 0 Å². The number of para-hydroxylation sites is 3. The lowest BCUT2D eigenvalue weighted by Gasteiger charge is -2.28. The molecule has 322 valence electrons. The van der Waals surface area contributed by atoms with Crippen molar-refractivity contribution in [3.8, 4) is 44.5 Å². The summed E-state index contributed by atoms with van der Waals surface area (Å²) in [5.74, 6) is 0. The highest BCUT2D eigenvalue weighted by Crippen LogP contribution is 2.45. The van der Waals surface area contributed by atoms with Crippen molar-refractivity contribution in [2.45, 2.75) is 0 Å². The second kappa shape index (κ2) is 15.7. The van der Waals surface area contributed by atoms with Crippen LogP contribution in [0, 0.1) is 0 Å². The molecule has 0 N–H and O–H groups in total. The molecule has 14 rings (SSSR count). The Hall–Kier alpha value is -9.18. The number of fused-ring (bicyclic) bond motifs is 10. The lowest BCUT2D eigenvalue weighted by molar-refractivity contribution is 0.669. The molecule has 0 aliphatic carbocycles. The smallest absolute Gasteiger partial charge is 0.143 e. The molecular weight excluding hydrogens is 839 g/mol. The third-order valence-electron chi connectivity index (χ3n) is 14.1. The first-order valence-electron chi connectivity index (χ1n) is 23.6. The minimum Gasteiger partial charge on any atom is -0.456 e. The molecule has 12 aromatic carbocycles. The first-order chi connectivity index (χ1) is 34.2. The number of hydrogen-bond acceptors (Lipinski definition) is 3. The summed E-state index contributed by atoms with van der Waals surface area (Å²) in [7, 11) is 0. The van der Waals surface area contributed by atoms with Crippen molar-refractivity contribution in [2.75, 3.05) is 4.90 Å². The molecule has 0 saturated heterocycles. The molecule has 0 aliphatic heterocycles. The molecule has 0 spiro atoms. The summed E-state index contributed by atoms with van der Waals surface area (Å²) in [6.07, 6.45) is 0. The van der Waals surface area contributed by atoms with Crippen LogP contribution in [0.1, 0.15) is 0 Å². The highest BCUT2D eigenvalue weighted by Gasteiger charge is 2.20. The van der Waals surface area contributed by atoms with E-state index in [4.69, 9.17) is 8.83 Å². The molecule has 0 radical (unpaired) electrons. The molecule has 0 unspecified atom stereocenters. The van der Waals surface area contributed by atoms with Gasteiger partial charge in [-0.3, -0.25) is 0 Å². The van der Waals surface area contributed by atoms with Crippen LogP contribution < -0.4 is 4.90 Å². The number of furan rings is 2. The largest absolute Gasteiger partial charge is 0.456 e. The minimum atomic E-state index is 0.901. The van der Waals surface area contributed by atoms with Gasteiger partial charge in [0.1, 0.15) is 22.3 Å². The first kappa shape index (κ1) is 39.0. The van der Waals surface area contributed by atoms with Crippen LogP contribution in [0.4, 0.5) is 17.1 Å². The lowest BCUT2D eigenvalue weighted by atomic mass is 9.92. The zero-order chi connectivity index (χ0) is 45.4. The van der Waals surface area contributed by atoms with Gasteiger partial charge in [0.05, 0.1) is 5.69 Å². The van der Waals surface area contributed by atoms with E-state index >= 15 is 0 Å². The van der Waals surface area contributed by atoms with Crippen LogP contribution in [0.15, 0.2) is 258 Å². The fourth-order valence-electron chi connectivity index (χ4n) is 10.7. The molecule has 0 amide bonds. The van der Waals surface area contributed by atoms with Gasteiger partial charge in [0.2, 0.25) is 0 Å². The van der Waals surface area contributed by atoms with Crippen LogP contribution in [-0.2, 0) is 0 Å². The first-order valence-corrected chi connectivity index (χ1v) is 23.6. The van der Waals surface area contributed by atoms with Gasteiger partial charge < -0.3 is 13.7 Å². The normalized spacial score (nSPS) is 11.8. The molecular formula is C66H41NO2. The predicted molar refractivity (Wildman–Crippen MR) is 290 cm³/mol. The van der Waals surface area contributed by atoms with Crippen molar-refractivity contribution in [2.24, 2.45) is 0 Å². The Labute approximate surface area is 398 Å². The van der Waals surface area contributed by atoms with Gasteiger partial charge in [-0.25, -0.2) is 0 Å². The van der Waals surface area contributed by atoms with Crippen LogP contribution in [0.5, 0.6) is 0 Å². The molecule has 0 atom stereocenters. The van der Waals surface area contributed by atoms with Crippen molar-refractivity contribution < 1.29 is 8.83 Å². The zero-order valence-corrected chi connectivity index (χ0v) is 37.4. The second-order valence-electron chi connectivity index (χ2n) is 18.0. The summed E-state index contributed by atoms with van der Waals surface area (Å²) in [5, 5.41) is 11.8. The average Bonchev–Trinajstić information content (AvgIpc) is 3.99. The Morgan fingerprint density at radius 2 is 0.739 bits per heavy atom. The van der Waals surface area contributed by atoms with Crippen LogP contribution in [0.25, 0.3) is 121 Å². The maximum atomic E-state index is 6.54. The highest BCUT2D eigenvalue weighted by atomic mass is 16.3. The molecule has 0 aliphatic rings. The third kappa shape index (κ3) is 6.51. The standard InChI is InChI=1S/C66H41NO2/c1-4-15-53-47(12-1)38-49(54-20-11-21-60-58-19-8-10-23-64(58)69-66(54)60)39-61(53)45-30-35-51(36-31-45)67(62-40-48-13-2-3-14-52(48)55-16-5-6-17-56(55)62)50-33-28-43(29-34-50)42-24-26-44(27-25-42)46-32-37-59-57-18-7-9-22-63(57)68-65(59)41-46/h1-41H. The van der Waals surface area contributed by atoms with Crippen LogP contribution in [0.3, 0.4) is 0 Å². The van der Waals surface area contributed by atoms with Crippen LogP contribution >= 0.6 is 0 Å². The van der Waals surface area contributed by atoms with E-state index in [-0.39, 0.29) is 0 Å². The van der Waals surface area contributed by atoms with E-state index in [9.17, 15) is 0 Å². The number of benzene rings is 12. The molecule has 0 fully saturated rings. The zero-order valence-electron chi connectivity index (χ0n) is 37.4. The van der Waals surface area contributed by atoms with E-state index in [1.54, 1.807) is 0 Å². The van der Waals surface area contributed by atoms with Gasteiger partial charge in [-0.2, -0.15) is 0 Å². The van der Waals surface area contributed by atoms with Gasteiger partial charge in [0.25, 0.3) is 0 Å². The maximum absolute atomic E-state index is 6.54. The predicted octanol–water partition coefficient (Wildman–Crippen LogP) is 19.1. The van der Waals surface area contributed by atoms with E-state index in [1.165, 1.54) is 37.9 Å². The number of anilines is 3. The molecule has 0 bridgehead atoms. The van der Waals surface area contributed by atoms with Crippen molar-refractivity contribution in [3.05, 3.63) is 249 Å².